The second-order valence-corrected chi connectivity index (χ2v) is 7.02. The maximum Gasteiger partial charge on any atom is 0.416 e. The molecular weight excluding hydrogens is 359 g/mol. The lowest BCUT2D eigenvalue weighted by molar-refractivity contribution is -0.148. The first-order valence-electron chi connectivity index (χ1n) is 9.32. The van der Waals surface area contributed by atoms with E-state index < -0.39 is 11.7 Å². The average molecular weight is 383 g/mol. The molecule has 1 aromatic carbocycles. The number of rotatable bonds is 5. The first kappa shape index (κ1) is 19.7. The third kappa shape index (κ3) is 5.00. The number of piperazine rings is 1. The molecule has 0 atom stereocenters. The highest BCUT2D eigenvalue weighted by Gasteiger charge is 2.30. The molecule has 0 bridgehead atoms. The third-order valence-corrected chi connectivity index (χ3v) is 5.17. The molecule has 8 heteroatoms. The van der Waals surface area contributed by atoms with E-state index in [4.69, 9.17) is 0 Å². The van der Waals surface area contributed by atoms with Crippen LogP contribution >= 0.6 is 0 Å². The number of anilines is 1. The van der Waals surface area contributed by atoms with E-state index in [0.29, 0.717) is 25.8 Å². The van der Waals surface area contributed by atoms with Crippen molar-refractivity contribution in [2.45, 2.75) is 31.9 Å². The van der Waals surface area contributed by atoms with Gasteiger partial charge in [0.2, 0.25) is 11.8 Å². The number of nitrogens with zero attached hydrogens (tertiary/aromatic N) is 3. The van der Waals surface area contributed by atoms with Gasteiger partial charge in [-0.05, 0) is 43.7 Å². The molecule has 0 N–H and O–H groups in total. The normalized spacial score (nSPS) is 19.7. The van der Waals surface area contributed by atoms with Crippen LogP contribution in [0.25, 0.3) is 0 Å². The Morgan fingerprint density at radius 1 is 0.852 bits per heavy atom. The largest absolute Gasteiger partial charge is 0.416 e. The van der Waals surface area contributed by atoms with Crippen molar-refractivity contribution in [1.29, 1.82) is 0 Å². The summed E-state index contributed by atoms with van der Waals surface area (Å²) in [6, 6.07) is 5.28. The topological polar surface area (TPSA) is 43.9 Å². The molecule has 2 heterocycles. The van der Waals surface area contributed by atoms with E-state index in [-0.39, 0.29) is 11.8 Å². The summed E-state index contributed by atoms with van der Waals surface area (Å²) >= 11 is 0. The number of carbonyl (C=O) groups is 2. The van der Waals surface area contributed by atoms with Crippen LogP contribution in [0.1, 0.15) is 31.2 Å². The molecule has 0 aliphatic carbocycles. The Kier molecular flexibility index (Phi) is 6.04. The maximum atomic E-state index is 12.6. The lowest BCUT2D eigenvalue weighted by atomic mass is 10.1. The molecule has 5 nitrogen and oxygen atoms in total. The van der Waals surface area contributed by atoms with Gasteiger partial charge in [0.15, 0.2) is 0 Å². The third-order valence-electron chi connectivity index (χ3n) is 5.17. The van der Waals surface area contributed by atoms with Crippen molar-refractivity contribution < 1.29 is 22.8 Å². The first-order chi connectivity index (χ1) is 12.8. The van der Waals surface area contributed by atoms with Crippen molar-refractivity contribution in [1.82, 2.24) is 9.80 Å². The highest BCUT2D eigenvalue weighted by molar-refractivity contribution is 5.97. The van der Waals surface area contributed by atoms with Crippen LogP contribution in [0, 0.1) is 0 Å². The number of hydrogen-bond acceptors (Lipinski definition) is 4. The fraction of sp³-hybridized carbons (Fsp3) is 0.579. The van der Waals surface area contributed by atoms with E-state index in [1.54, 1.807) is 0 Å². The number of benzene rings is 1. The number of alkyl halides is 3. The van der Waals surface area contributed by atoms with E-state index in [2.05, 4.69) is 9.80 Å². The average Bonchev–Trinajstić information content (AvgIpc) is 2.64. The molecule has 148 valence electrons. The van der Waals surface area contributed by atoms with Crippen LogP contribution in [0.3, 0.4) is 0 Å². The summed E-state index contributed by atoms with van der Waals surface area (Å²) in [5.74, 6) is -0.142. The molecule has 2 saturated heterocycles. The van der Waals surface area contributed by atoms with Crippen molar-refractivity contribution >= 4 is 17.5 Å². The Morgan fingerprint density at radius 2 is 1.44 bits per heavy atom. The quantitative estimate of drug-likeness (QED) is 0.734. The molecule has 3 rings (SSSR count). The Balaban J connectivity index is 1.42. The van der Waals surface area contributed by atoms with Crippen molar-refractivity contribution in [3.05, 3.63) is 29.8 Å². The van der Waals surface area contributed by atoms with Crippen LogP contribution in [0.5, 0.6) is 0 Å². The molecule has 27 heavy (non-hydrogen) atoms. The number of likely N-dealkylation sites (tertiary alicyclic amines) is 1. The second-order valence-electron chi connectivity index (χ2n) is 7.02. The monoisotopic (exact) mass is 383 g/mol. The molecule has 2 fully saturated rings. The Hall–Kier alpha value is -2.09. The molecule has 0 aromatic heterocycles. The summed E-state index contributed by atoms with van der Waals surface area (Å²) in [6.07, 6.45) is -2.00. The number of amides is 2. The number of halogens is 3. The number of carbonyl (C=O) groups excluding carboxylic acids is 2. The van der Waals surface area contributed by atoms with E-state index in [0.717, 1.165) is 57.0 Å². The molecule has 1 aromatic rings. The first-order valence-corrected chi connectivity index (χ1v) is 9.32. The van der Waals surface area contributed by atoms with Crippen LogP contribution in [0.2, 0.25) is 0 Å². The van der Waals surface area contributed by atoms with Gasteiger partial charge in [-0.1, -0.05) is 0 Å². The summed E-state index contributed by atoms with van der Waals surface area (Å²) < 4.78 is 37.9. The van der Waals surface area contributed by atoms with Crippen molar-refractivity contribution in [2.24, 2.45) is 0 Å². The highest BCUT2D eigenvalue weighted by Crippen LogP contribution is 2.30. The highest BCUT2D eigenvalue weighted by atomic mass is 19.4. The molecule has 2 aliphatic rings. The zero-order valence-electron chi connectivity index (χ0n) is 15.2. The van der Waals surface area contributed by atoms with Crippen LogP contribution in [-0.4, -0.2) is 60.9 Å². The molecule has 0 radical (unpaired) electrons. The predicted molar refractivity (Wildman–Crippen MR) is 95.3 cm³/mol. The fourth-order valence-electron chi connectivity index (χ4n) is 3.59. The van der Waals surface area contributed by atoms with Crippen LogP contribution < -0.4 is 4.90 Å². The number of imide groups is 1. The van der Waals surface area contributed by atoms with Crippen LogP contribution in [-0.2, 0) is 15.8 Å². The summed E-state index contributed by atoms with van der Waals surface area (Å²) in [5, 5.41) is 0. The number of piperidine rings is 1. The summed E-state index contributed by atoms with van der Waals surface area (Å²) in [6.45, 7) is 4.38. The molecule has 2 amide bonds. The maximum absolute atomic E-state index is 12.6. The number of hydrogen-bond donors (Lipinski definition) is 0. The predicted octanol–water partition coefficient (Wildman–Crippen LogP) is 2.76. The van der Waals surface area contributed by atoms with Crippen molar-refractivity contribution in [3.63, 3.8) is 0 Å². The zero-order chi connectivity index (χ0) is 19.4. The minimum Gasteiger partial charge on any atom is -0.369 e. The minimum absolute atomic E-state index is 0.0710. The van der Waals surface area contributed by atoms with Gasteiger partial charge in [0, 0.05) is 51.3 Å². The minimum atomic E-state index is -4.31. The van der Waals surface area contributed by atoms with Crippen molar-refractivity contribution in [2.75, 3.05) is 44.2 Å². The van der Waals surface area contributed by atoms with E-state index in [1.807, 2.05) is 0 Å². The summed E-state index contributed by atoms with van der Waals surface area (Å²) in [5.41, 5.74) is 0.166. The lowest BCUT2D eigenvalue weighted by Crippen LogP contribution is -2.47. The Bertz CT molecular complexity index is 652. The van der Waals surface area contributed by atoms with Gasteiger partial charge in [-0.25, -0.2) is 0 Å². The van der Waals surface area contributed by atoms with Crippen LogP contribution in [0.4, 0.5) is 18.9 Å². The van der Waals surface area contributed by atoms with Gasteiger partial charge in [0.05, 0.1) is 5.56 Å². The van der Waals surface area contributed by atoms with Crippen LogP contribution in [0.15, 0.2) is 24.3 Å². The molecule has 0 saturated carbocycles. The molecule has 0 spiro atoms. The molecule has 0 unspecified atom stereocenters. The molecular formula is C19H24F3N3O2. The van der Waals surface area contributed by atoms with E-state index in [1.165, 1.54) is 17.0 Å². The van der Waals surface area contributed by atoms with E-state index in [9.17, 15) is 22.8 Å². The second kappa shape index (κ2) is 8.29. The standard InChI is InChI=1S/C19H24F3N3O2/c20-19(21,22)15-5-7-16(8-6-15)24-13-11-23(12-14-24)9-2-10-25-17(26)3-1-4-18(25)27/h5-8H,1-4,9-14H2. The molecule has 2 aliphatic heterocycles. The lowest BCUT2D eigenvalue weighted by Gasteiger charge is -2.36. The van der Waals surface area contributed by atoms with Gasteiger partial charge in [-0.3, -0.25) is 19.4 Å². The van der Waals surface area contributed by atoms with Crippen molar-refractivity contribution in [3.8, 4) is 0 Å². The fourth-order valence-corrected chi connectivity index (χ4v) is 3.59. The van der Waals surface area contributed by atoms with Gasteiger partial charge in [-0.2, -0.15) is 13.2 Å². The smallest absolute Gasteiger partial charge is 0.369 e. The Morgan fingerprint density at radius 3 is 2.00 bits per heavy atom. The van der Waals surface area contributed by atoms with E-state index >= 15 is 0 Å². The zero-order valence-corrected chi connectivity index (χ0v) is 15.2. The SMILES string of the molecule is O=C1CCCC(=O)N1CCCN1CCN(c2ccc(C(F)(F)F)cc2)CC1. The summed E-state index contributed by atoms with van der Waals surface area (Å²) in [4.78, 5) is 29.3. The van der Waals surface area contributed by atoms with Gasteiger partial charge in [0.25, 0.3) is 0 Å². The van der Waals surface area contributed by atoms with Gasteiger partial charge in [-0.15, -0.1) is 0 Å². The Labute approximate surface area is 156 Å². The van der Waals surface area contributed by atoms with Gasteiger partial charge < -0.3 is 4.90 Å². The van der Waals surface area contributed by atoms with Gasteiger partial charge in [0.1, 0.15) is 0 Å². The van der Waals surface area contributed by atoms with Gasteiger partial charge >= 0.3 is 6.18 Å². The summed E-state index contributed by atoms with van der Waals surface area (Å²) in [7, 11) is 0.